The van der Waals surface area contributed by atoms with Crippen molar-refractivity contribution in [3.63, 3.8) is 0 Å². The van der Waals surface area contributed by atoms with Crippen molar-refractivity contribution in [3.05, 3.63) is 67.6 Å². The van der Waals surface area contributed by atoms with Crippen LogP contribution in [0.4, 0.5) is 0 Å². The number of aliphatic carboxylic acids is 1. The van der Waals surface area contributed by atoms with Crippen LogP contribution in [0.1, 0.15) is 33.5 Å². The second-order valence-corrected chi connectivity index (χ2v) is 7.34. The number of fused-ring (bicyclic) bond motifs is 1. The van der Waals surface area contributed by atoms with Gasteiger partial charge < -0.3 is 14.3 Å². The number of carboxylic acids is 1. The molecule has 1 aliphatic carbocycles. The Morgan fingerprint density at radius 1 is 1.19 bits per heavy atom. The van der Waals surface area contributed by atoms with E-state index >= 15 is 0 Å². The number of ether oxygens (including phenoxy) is 1. The molecule has 0 amide bonds. The molecular weight excluding hydrogens is 368 g/mol. The van der Waals surface area contributed by atoms with Crippen LogP contribution < -0.4 is 5.43 Å². The third kappa shape index (κ3) is 2.65. The van der Waals surface area contributed by atoms with Gasteiger partial charge in [-0.3, -0.25) is 9.59 Å². The Morgan fingerprint density at radius 2 is 1.85 bits per heavy atom. The average Bonchev–Trinajstić information content (AvgIpc) is 2.61. The molecule has 0 saturated carbocycles. The van der Waals surface area contributed by atoms with Gasteiger partial charge in [0.15, 0.2) is 10.8 Å². The van der Waals surface area contributed by atoms with Gasteiger partial charge in [0.1, 0.15) is 17.4 Å². The van der Waals surface area contributed by atoms with Crippen LogP contribution in [0.25, 0.3) is 11.0 Å². The van der Waals surface area contributed by atoms with E-state index in [9.17, 15) is 14.7 Å². The zero-order valence-electron chi connectivity index (χ0n) is 15.8. The van der Waals surface area contributed by atoms with Gasteiger partial charge in [-0.2, -0.15) is 0 Å². The van der Waals surface area contributed by atoms with Crippen LogP contribution in [0, 0.1) is 0 Å². The molecule has 6 heteroatoms. The van der Waals surface area contributed by atoms with E-state index in [4.69, 9.17) is 20.8 Å². The highest BCUT2D eigenvalue weighted by molar-refractivity contribution is 6.31. The van der Waals surface area contributed by atoms with Crippen molar-refractivity contribution in [2.24, 2.45) is 0 Å². The quantitative estimate of drug-likeness (QED) is 0.839. The summed E-state index contributed by atoms with van der Waals surface area (Å²) in [6.07, 6.45) is -0.807. The monoisotopic (exact) mass is 388 g/mol. The van der Waals surface area contributed by atoms with E-state index in [1.165, 1.54) is 19.2 Å². The molecule has 2 atom stereocenters. The Morgan fingerprint density at radius 3 is 2.44 bits per heavy atom. The molecule has 0 fully saturated rings. The summed E-state index contributed by atoms with van der Waals surface area (Å²) in [5.41, 5.74) is 1.46. The van der Waals surface area contributed by atoms with Crippen LogP contribution in [0.2, 0.25) is 5.02 Å². The first-order chi connectivity index (χ1) is 12.7. The van der Waals surface area contributed by atoms with Gasteiger partial charge in [0.25, 0.3) is 0 Å². The van der Waals surface area contributed by atoms with Crippen LogP contribution >= 0.6 is 11.6 Å². The Bertz CT molecular complexity index is 1080. The number of hydrogen-bond donors (Lipinski definition) is 1. The molecule has 1 aromatic heterocycles. The molecule has 2 aromatic rings. The van der Waals surface area contributed by atoms with Crippen molar-refractivity contribution in [2.45, 2.75) is 39.2 Å². The Kier molecular flexibility index (Phi) is 4.78. The van der Waals surface area contributed by atoms with Crippen molar-refractivity contribution in [1.82, 2.24) is 0 Å². The van der Waals surface area contributed by atoms with E-state index in [1.807, 2.05) is 20.8 Å². The second kappa shape index (κ2) is 6.66. The first kappa shape index (κ1) is 19.4. The van der Waals surface area contributed by atoms with Crippen molar-refractivity contribution >= 4 is 28.5 Å². The van der Waals surface area contributed by atoms with Gasteiger partial charge >= 0.3 is 5.97 Å². The summed E-state index contributed by atoms with van der Waals surface area (Å²) in [6, 6.07) is 5.93. The molecule has 27 heavy (non-hydrogen) atoms. The van der Waals surface area contributed by atoms with Gasteiger partial charge in [-0.15, -0.1) is 0 Å². The maximum Gasteiger partial charge on any atom is 0.324 e. The summed E-state index contributed by atoms with van der Waals surface area (Å²) in [5.74, 6) is -1.10. The summed E-state index contributed by atoms with van der Waals surface area (Å²) in [7, 11) is 1.46. The molecule has 142 valence electrons. The third-order valence-corrected chi connectivity index (χ3v) is 5.98. The number of allylic oxidation sites excluding steroid dienone is 2. The molecule has 5 nitrogen and oxygen atoms in total. The lowest BCUT2D eigenvalue weighted by atomic mass is 9.65. The van der Waals surface area contributed by atoms with E-state index in [1.54, 1.807) is 19.1 Å². The standard InChI is InChI=1S/C21H21ClO5/c1-10-11(2)13(4)21(20(24)25,19(26-5)12(10)3)18-9-16(23)15-7-6-14(22)8-17(15)27-18/h6-9,19H,1-5H3,(H,24,25). The van der Waals surface area contributed by atoms with Gasteiger partial charge in [0.05, 0.1) is 5.39 Å². The van der Waals surface area contributed by atoms with E-state index in [0.29, 0.717) is 16.0 Å². The summed E-state index contributed by atoms with van der Waals surface area (Å²) in [6.45, 7) is 7.39. The van der Waals surface area contributed by atoms with Gasteiger partial charge in [0, 0.05) is 24.3 Å². The molecule has 0 bridgehead atoms. The number of rotatable bonds is 3. The summed E-state index contributed by atoms with van der Waals surface area (Å²) in [5, 5.41) is 11.1. The van der Waals surface area contributed by atoms with Crippen molar-refractivity contribution in [1.29, 1.82) is 0 Å². The predicted molar refractivity (Wildman–Crippen MR) is 104 cm³/mol. The Balaban J connectivity index is 2.45. The molecule has 0 saturated heterocycles. The highest BCUT2D eigenvalue weighted by atomic mass is 35.5. The van der Waals surface area contributed by atoms with Crippen LogP contribution in [-0.2, 0) is 14.9 Å². The highest BCUT2D eigenvalue weighted by Crippen LogP contribution is 2.47. The minimum absolute atomic E-state index is 0.0327. The summed E-state index contributed by atoms with van der Waals surface area (Å²) < 4.78 is 11.6. The van der Waals surface area contributed by atoms with Crippen LogP contribution in [0.3, 0.4) is 0 Å². The van der Waals surface area contributed by atoms with Crippen molar-refractivity contribution in [3.8, 4) is 0 Å². The fourth-order valence-corrected chi connectivity index (χ4v) is 4.12. The van der Waals surface area contributed by atoms with Gasteiger partial charge in [0.2, 0.25) is 0 Å². The minimum Gasteiger partial charge on any atom is -0.480 e. The number of hydrogen-bond acceptors (Lipinski definition) is 4. The van der Waals surface area contributed by atoms with Crippen LogP contribution in [-0.4, -0.2) is 24.3 Å². The molecule has 0 spiro atoms. The predicted octanol–water partition coefficient (Wildman–Crippen LogP) is 4.47. The first-order valence-electron chi connectivity index (χ1n) is 8.52. The molecule has 3 rings (SSSR count). The third-order valence-electron chi connectivity index (χ3n) is 5.75. The van der Waals surface area contributed by atoms with Gasteiger partial charge in [-0.25, -0.2) is 0 Å². The lowest BCUT2D eigenvalue weighted by molar-refractivity contribution is -0.147. The number of carbonyl (C=O) groups is 1. The maximum absolute atomic E-state index is 12.7. The molecule has 1 heterocycles. The normalized spacial score (nSPS) is 23.3. The molecule has 0 aliphatic heterocycles. The molecule has 1 aliphatic rings. The molecular formula is C21H21ClO5. The average molecular weight is 389 g/mol. The molecule has 0 radical (unpaired) electrons. The van der Waals surface area contributed by atoms with E-state index in [2.05, 4.69) is 0 Å². The molecule has 1 aromatic carbocycles. The lowest BCUT2D eigenvalue weighted by Gasteiger charge is -2.41. The largest absolute Gasteiger partial charge is 0.480 e. The topological polar surface area (TPSA) is 76.7 Å². The van der Waals surface area contributed by atoms with Crippen molar-refractivity contribution < 1.29 is 19.1 Å². The smallest absolute Gasteiger partial charge is 0.324 e. The van der Waals surface area contributed by atoms with E-state index in [-0.39, 0.29) is 16.8 Å². The van der Waals surface area contributed by atoms with Gasteiger partial charge in [-0.1, -0.05) is 11.6 Å². The lowest BCUT2D eigenvalue weighted by Crippen LogP contribution is -2.52. The van der Waals surface area contributed by atoms with E-state index < -0.39 is 17.5 Å². The number of benzene rings is 1. The highest BCUT2D eigenvalue weighted by Gasteiger charge is 2.55. The number of methoxy groups -OCH3 is 1. The van der Waals surface area contributed by atoms with Crippen molar-refractivity contribution in [2.75, 3.05) is 7.11 Å². The zero-order chi connectivity index (χ0) is 20.1. The zero-order valence-corrected chi connectivity index (χ0v) is 16.6. The Hall–Kier alpha value is -2.37. The van der Waals surface area contributed by atoms with Gasteiger partial charge in [-0.05, 0) is 62.1 Å². The fraction of sp³-hybridized carbons (Fsp3) is 0.333. The van der Waals surface area contributed by atoms with Crippen LogP contribution in [0.15, 0.2) is 55.8 Å². The summed E-state index contributed by atoms with van der Waals surface area (Å²) >= 11 is 6.04. The maximum atomic E-state index is 12.7. The Labute approximate surface area is 161 Å². The SMILES string of the molecule is COC1C(C)=C(C)C(C)=C(C)C1(C(=O)O)c1cc(=O)c2ccc(Cl)cc2o1. The molecule has 2 unspecified atom stereocenters. The fourth-order valence-electron chi connectivity index (χ4n) is 3.96. The summed E-state index contributed by atoms with van der Waals surface area (Å²) in [4.78, 5) is 25.3. The van der Waals surface area contributed by atoms with E-state index in [0.717, 1.165) is 16.7 Å². The minimum atomic E-state index is -1.64. The van der Waals surface area contributed by atoms with Crippen LogP contribution in [0.5, 0.6) is 0 Å². The molecule has 1 N–H and O–H groups in total. The second-order valence-electron chi connectivity index (χ2n) is 6.90. The number of halogens is 1. The number of carboxylic acid groups (broad SMARTS) is 1. The first-order valence-corrected chi connectivity index (χ1v) is 8.89.